The van der Waals surface area contributed by atoms with Crippen LogP contribution in [0.15, 0.2) is 30.9 Å². The van der Waals surface area contributed by atoms with Crippen LogP contribution in [0.3, 0.4) is 0 Å². The molecule has 2 aromatic rings. The Kier molecular flexibility index (Phi) is 3.49. The lowest BCUT2D eigenvalue weighted by Gasteiger charge is -2.13. The number of rotatable bonds is 4. The van der Waals surface area contributed by atoms with Gasteiger partial charge in [0.25, 0.3) is 0 Å². The molecule has 0 aliphatic carbocycles. The molecule has 0 aliphatic heterocycles. The first-order valence-corrected chi connectivity index (χ1v) is 5.65. The molecule has 0 bridgehead atoms. The highest BCUT2D eigenvalue weighted by Crippen LogP contribution is 2.17. The van der Waals surface area contributed by atoms with E-state index in [1.54, 1.807) is 12.4 Å². The summed E-state index contributed by atoms with van der Waals surface area (Å²) in [5.41, 5.74) is 0.797. The van der Waals surface area contributed by atoms with Gasteiger partial charge in [0.1, 0.15) is 12.2 Å². The van der Waals surface area contributed by atoms with Gasteiger partial charge in [0.15, 0.2) is 0 Å². The van der Waals surface area contributed by atoms with Crippen molar-refractivity contribution in [3.63, 3.8) is 0 Å². The lowest BCUT2D eigenvalue weighted by molar-refractivity contribution is 0.173. The zero-order chi connectivity index (χ0) is 12.3. The lowest BCUT2D eigenvalue weighted by Crippen LogP contribution is -2.12. The average molecular weight is 232 g/mol. The van der Waals surface area contributed by atoms with Crippen LogP contribution in [0.2, 0.25) is 0 Å². The zero-order valence-electron chi connectivity index (χ0n) is 9.98. The van der Waals surface area contributed by atoms with E-state index in [-0.39, 0.29) is 6.04 Å². The maximum atomic E-state index is 10.1. The first kappa shape index (κ1) is 11.7. The summed E-state index contributed by atoms with van der Waals surface area (Å²) >= 11 is 0. The summed E-state index contributed by atoms with van der Waals surface area (Å²) in [6.07, 6.45) is 4.73. The molecule has 1 N–H and O–H groups in total. The molecule has 2 aromatic heterocycles. The topological polar surface area (TPSA) is 63.8 Å². The summed E-state index contributed by atoms with van der Waals surface area (Å²) in [4.78, 5) is 8.16. The molecule has 90 valence electrons. The quantitative estimate of drug-likeness (QED) is 0.868. The van der Waals surface area contributed by atoms with Gasteiger partial charge in [-0.05, 0) is 25.5 Å². The molecule has 2 rings (SSSR count). The van der Waals surface area contributed by atoms with Gasteiger partial charge in [0.05, 0.1) is 6.10 Å². The van der Waals surface area contributed by atoms with Crippen molar-refractivity contribution in [3.8, 4) is 0 Å². The Balaban J connectivity index is 2.13. The van der Waals surface area contributed by atoms with Crippen molar-refractivity contribution in [1.29, 1.82) is 0 Å². The van der Waals surface area contributed by atoms with Crippen molar-refractivity contribution >= 4 is 0 Å². The van der Waals surface area contributed by atoms with Crippen LogP contribution in [-0.4, -0.2) is 24.9 Å². The minimum absolute atomic E-state index is 0.244. The maximum absolute atomic E-state index is 10.1. The van der Waals surface area contributed by atoms with Gasteiger partial charge in [-0.25, -0.2) is 9.67 Å². The summed E-state index contributed by atoms with van der Waals surface area (Å²) in [6.45, 7) is 4.07. The van der Waals surface area contributed by atoms with Gasteiger partial charge in [0.2, 0.25) is 0 Å². The van der Waals surface area contributed by atoms with Gasteiger partial charge in [-0.15, -0.1) is 0 Å². The molecule has 0 amide bonds. The van der Waals surface area contributed by atoms with E-state index in [1.165, 1.54) is 6.33 Å². The van der Waals surface area contributed by atoms with E-state index in [2.05, 4.69) is 15.1 Å². The fourth-order valence-electron chi connectivity index (χ4n) is 1.72. The second-order valence-corrected chi connectivity index (χ2v) is 4.22. The van der Waals surface area contributed by atoms with Crippen LogP contribution >= 0.6 is 0 Å². The van der Waals surface area contributed by atoms with E-state index in [4.69, 9.17) is 0 Å². The molecule has 0 saturated heterocycles. The van der Waals surface area contributed by atoms with Crippen molar-refractivity contribution in [2.75, 3.05) is 0 Å². The highest BCUT2D eigenvalue weighted by molar-refractivity contribution is 5.13. The summed E-state index contributed by atoms with van der Waals surface area (Å²) in [5.74, 6) is 0.788. The molecule has 5 heteroatoms. The molecule has 0 spiro atoms. The number of aromatic nitrogens is 4. The fourth-order valence-corrected chi connectivity index (χ4v) is 1.72. The van der Waals surface area contributed by atoms with Gasteiger partial charge in [-0.3, -0.25) is 4.98 Å². The minimum Gasteiger partial charge on any atom is -0.388 e. The Bertz CT molecular complexity index is 466. The molecule has 0 aliphatic rings. The predicted octanol–water partition coefficient (Wildman–Crippen LogP) is 1.53. The smallest absolute Gasteiger partial charge is 0.138 e. The molecular weight excluding hydrogens is 216 g/mol. The molecule has 2 heterocycles. The van der Waals surface area contributed by atoms with Crippen LogP contribution in [0.5, 0.6) is 0 Å². The minimum atomic E-state index is -0.592. The van der Waals surface area contributed by atoms with Gasteiger partial charge in [-0.1, -0.05) is 6.07 Å². The van der Waals surface area contributed by atoms with E-state index >= 15 is 0 Å². The normalized spacial score (nSPS) is 12.9. The standard InChI is InChI=1S/C12H16N4O/c1-9(2)16-12(14-8-15-16)6-11(17)10-4-3-5-13-7-10/h3-5,7-9,11,17H,6H2,1-2H3. The molecule has 0 saturated carbocycles. The second kappa shape index (κ2) is 5.05. The average Bonchev–Trinajstić information content (AvgIpc) is 2.78. The third-order valence-corrected chi connectivity index (χ3v) is 2.58. The Morgan fingerprint density at radius 3 is 2.88 bits per heavy atom. The van der Waals surface area contributed by atoms with Crippen molar-refractivity contribution < 1.29 is 5.11 Å². The number of pyridine rings is 1. The Hall–Kier alpha value is -1.75. The van der Waals surface area contributed by atoms with E-state index < -0.39 is 6.10 Å². The van der Waals surface area contributed by atoms with Crippen molar-refractivity contribution in [2.45, 2.75) is 32.4 Å². The van der Waals surface area contributed by atoms with Crippen molar-refractivity contribution in [3.05, 3.63) is 42.2 Å². The van der Waals surface area contributed by atoms with E-state index in [9.17, 15) is 5.11 Å². The lowest BCUT2D eigenvalue weighted by atomic mass is 10.1. The fraction of sp³-hybridized carbons (Fsp3) is 0.417. The van der Waals surface area contributed by atoms with Crippen LogP contribution in [0, 0.1) is 0 Å². The molecule has 1 unspecified atom stereocenters. The highest BCUT2D eigenvalue weighted by atomic mass is 16.3. The maximum Gasteiger partial charge on any atom is 0.138 e. The van der Waals surface area contributed by atoms with Crippen molar-refractivity contribution in [2.24, 2.45) is 0 Å². The summed E-state index contributed by atoms with van der Waals surface area (Å²) in [6, 6.07) is 3.91. The largest absolute Gasteiger partial charge is 0.388 e. The Morgan fingerprint density at radius 2 is 2.24 bits per heavy atom. The molecule has 0 fully saturated rings. The first-order valence-electron chi connectivity index (χ1n) is 5.65. The second-order valence-electron chi connectivity index (χ2n) is 4.22. The van der Waals surface area contributed by atoms with Crippen LogP contribution in [-0.2, 0) is 6.42 Å². The summed E-state index contributed by atoms with van der Waals surface area (Å²) in [5, 5.41) is 14.2. The third-order valence-electron chi connectivity index (χ3n) is 2.58. The third kappa shape index (κ3) is 2.68. The molecule has 1 atom stereocenters. The van der Waals surface area contributed by atoms with Crippen LogP contribution in [0.4, 0.5) is 0 Å². The number of hydrogen-bond donors (Lipinski definition) is 1. The monoisotopic (exact) mass is 232 g/mol. The molecule has 5 nitrogen and oxygen atoms in total. The predicted molar refractivity (Wildman–Crippen MR) is 63.3 cm³/mol. The van der Waals surface area contributed by atoms with Gasteiger partial charge in [-0.2, -0.15) is 5.10 Å². The molecule has 0 radical (unpaired) electrons. The summed E-state index contributed by atoms with van der Waals surface area (Å²) < 4.78 is 1.82. The van der Waals surface area contributed by atoms with Gasteiger partial charge in [0, 0.05) is 24.9 Å². The number of aliphatic hydroxyl groups excluding tert-OH is 1. The number of aliphatic hydroxyl groups is 1. The first-order chi connectivity index (χ1) is 8.18. The van der Waals surface area contributed by atoms with Crippen LogP contribution in [0.25, 0.3) is 0 Å². The molecule has 0 aromatic carbocycles. The highest BCUT2D eigenvalue weighted by Gasteiger charge is 2.14. The van der Waals surface area contributed by atoms with Gasteiger partial charge < -0.3 is 5.11 Å². The van der Waals surface area contributed by atoms with E-state index in [0.29, 0.717) is 6.42 Å². The van der Waals surface area contributed by atoms with E-state index in [1.807, 2.05) is 30.7 Å². The SMILES string of the molecule is CC(C)n1ncnc1CC(O)c1cccnc1. The number of hydrogen-bond acceptors (Lipinski definition) is 4. The van der Waals surface area contributed by atoms with Crippen LogP contribution in [0.1, 0.15) is 37.4 Å². The van der Waals surface area contributed by atoms with E-state index in [0.717, 1.165) is 11.4 Å². The zero-order valence-corrected chi connectivity index (χ0v) is 9.98. The Morgan fingerprint density at radius 1 is 1.41 bits per heavy atom. The van der Waals surface area contributed by atoms with Gasteiger partial charge >= 0.3 is 0 Å². The van der Waals surface area contributed by atoms with Crippen molar-refractivity contribution in [1.82, 2.24) is 19.7 Å². The van der Waals surface area contributed by atoms with Crippen LogP contribution < -0.4 is 0 Å². The number of nitrogens with zero attached hydrogens (tertiary/aromatic N) is 4. The molecule has 17 heavy (non-hydrogen) atoms. The summed E-state index contributed by atoms with van der Waals surface area (Å²) in [7, 11) is 0. The Labute approximate surface area is 100 Å². The molecular formula is C12H16N4O.